The number of aliphatic hydroxyl groups is 1. The van der Waals surface area contributed by atoms with Crippen LogP contribution in [0.5, 0.6) is 0 Å². The van der Waals surface area contributed by atoms with Crippen molar-refractivity contribution in [2.75, 3.05) is 26.9 Å². The van der Waals surface area contributed by atoms with Gasteiger partial charge in [0, 0.05) is 19.1 Å². The molecule has 1 saturated carbocycles. The molecule has 0 saturated heterocycles. The van der Waals surface area contributed by atoms with E-state index in [1.807, 2.05) is 0 Å². The molecule has 0 radical (unpaired) electrons. The molecule has 0 bridgehead atoms. The molecule has 0 spiro atoms. The molecule has 1 atom stereocenters. The zero-order valence-corrected chi connectivity index (χ0v) is 9.87. The summed E-state index contributed by atoms with van der Waals surface area (Å²) in [5, 5.41) is 12.2. The quantitative estimate of drug-likeness (QED) is 0.581. The lowest BCUT2D eigenvalue weighted by Gasteiger charge is -2.27. The Labute approximate surface area is 96.3 Å². The first kappa shape index (κ1) is 13.4. The van der Waals surface area contributed by atoms with Crippen LogP contribution in [0.15, 0.2) is 0 Å². The van der Waals surface area contributed by atoms with Gasteiger partial charge in [0.2, 0.25) is 5.91 Å². The zero-order valence-electron chi connectivity index (χ0n) is 9.87. The van der Waals surface area contributed by atoms with Crippen molar-refractivity contribution in [1.82, 2.24) is 5.32 Å². The van der Waals surface area contributed by atoms with Crippen molar-refractivity contribution in [3.63, 3.8) is 0 Å². The molecule has 0 aromatic heterocycles. The van der Waals surface area contributed by atoms with E-state index >= 15 is 0 Å². The molecular formula is C11H22N2O3. The summed E-state index contributed by atoms with van der Waals surface area (Å²) in [7, 11) is 1.51. The van der Waals surface area contributed by atoms with E-state index in [9.17, 15) is 9.90 Å². The van der Waals surface area contributed by atoms with Crippen LogP contribution < -0.4 is 11.1 Å². The van der Waals surface area contributed by atoms with E-state index < -0.39 is 6.04 Å². The molecule has 0 heterocycles. The Kier molecular flexibility index (Phi) is 5.18. The molecule has 1 aliphatic rings. The molecule has 94 valence electrons. The maximum absolute atomic E-state index is 11.6. The summed E-state index contributed by atoms with van der Waals surface area (Å²) < 4.78 is 4.81. The van der Waals surface area contributed by atoms with Crippen LogP contribution in [0, 0.1) is 5.41 Å². The standard InChI is InChI=1S/C11H22N2O3/c1-16-6-9(12)10(15)13-7-11(8-14)4-2-3-5-11/h9,14H,2-8,12H2,1H3,(H,13,15). The van der Waals surface area contributed by atoms with Crippen LogP contribution in [0.3, 0.4) is 0 Å². The Morgan fingerprint density at radius 2 is 2.19 bits per heavy atom. The minimum Gasteiger partial charge on any atom is -0.396 e. The second-order valence-corrected chi connectivity index (χ2v) is 4.64. The number of amides is 1. The number of nitrogens with one attached hydrogen (secondary N) is 1. The Bertz CT molecular complexity index is 227. The van der Waals surface area contributed by atoms with Crippen LogP contribution in [0.1, 0.15) is 25.7 Å². The Morgan fingerprint density at radius 3 is 2.69 bits per heavy atom. The van der Waals surface area contributed by atoms with Crippen molar-refractivity contribution in [3.8, 4) is 0 Å². The summed E-state index contributed by atoms with van der Waals surface area (Å²) in [4.78, 5) is 11.6. The Morgan fingerprint density at radius 1 is 1.56 bits per heavy atom. The highest BCUT2D eigenvalue weighted by Crippen LogP contribution is 2.36. The summed E-state index contributed by atoms with van der Waals surface area (Å²) in [5.74, 6) is -0.207. The van der Waals surface area contributed by atoms with Gasteiger partial charge in [-0.1, -0.05) is 12.8 Å². The maximum atomic E-state index is 11.6. The van der Waals surface area contributed by atoms with Gasteiger partial charge in [-0.25, -0.2) is 0 Å². The van der Waals surface area contributed by atoms with Crippen LogP contribution in [0.2, 0.25) is 0 Å². The second-order valence-electron chi connectivity index (χ2n) is 4.64. The number of hydrogen-bond donors (Lipinski definition) is 3. The molecule has 16 heavy (non-hydrogen) atoms. The van der Waals surface area contributed by atoms with E-state index in [0.717, 1.165) is 25.7 Å². The van der Waals surface area contributed by atoms with Gasteiger partial charge in [-0.05, 0) is 12.8 Å². The highest BCUT2D eigenvalue weighted by atomic mass is 16.5. The van der Waals surface area contributed by atoms with Crippen LogP contribution >= 0.6 is 0 Å². The molecule has 5 nitrogen and oxygen atoms in total. The van der Waals surface area contributed by atoms with Crippen LogP contribution in [-0.2, 0) is 9.53 Å². The first-order valence-electron chi connectivity index (χ1n) is 5.77. The lowest BCUT2D eigenvalue weighted by Crippen LogP contribution is -2.47. The average Bonchev–Trinajstić information content (AvgIpc) is 2.75. The number of hydrogen-bond acceptors (Lipinski definition) is 4. The fourth-order valence-electron chi connectivity index (χ4n) is 2.18. The van der Waals surface area contributed by atoms with Gasteiger partial charge >= 0.3 is 0 Å². The number of methoxy groups -OCH3 is 1. The van der Waals surface area contributed by atoms with Gasteiger partial charge in [-0.15, -0.1) is 0 Å². The zero-order chi connectivity index (χ0) is 12.0. The fraction of sp³-hybridized carbons (Fsp3) is 0.909. The summed E-state index contributed by atoms with van der Waals surface area (Å²) in [6, 6.07) is -0.623. The third-order valence-electron chi connectivity index (χ3n) is 3.32. The molecule has 0 aromatic carbocycles. The molecule has 1 unspecified atom stereocenters. The average molecular weight is 230 g/mol. The van der Waals surface area contributed by atoms with E-state index in [1.165, 1.54) is 7.11 Å². The Balaban J connectivity index is 2.35. The number of carbonyl (C=O) groups is 1. The third-order valence-corrected chi connectivity index (χ3v) is 3.32. The molecule has 1 rings (SSSR count). The number of nitrogens with two attached hydrogens (primary N) is 1. The van der Waals surface area contributed by atoms with E-state index in [0.29, 0.717) is 6.54 Å². The minimum atomic E-state index is -0.623. The molecule has 1 aliphatic carbocycles. The third kappa shape index (κ3) is 3.43. The molecule has 1 amide bonds. The van der Waals surface area contributed by atoms with Gasteiger partial charge in [0.15, 0.2) is 0 Å². The number of carbonyl (C=O) groups excluding carboxylic acids is 1. The molecule has 1 fully saturated rings. The first-order valence-corrected chi connectivity index (χ1v) is 5.77. The predicted octanol–water partition coefficient (Wildman–Crippen LogP) is -0.371. The van der Waals surface area contributed by atoms with E-state index in [1.54, 1.807) is 0 Å². The van der Waals surface area contributed by atoms with E-state index in [-0.39, 0.29) is 24.5 Å². The smallest absolute Gasteiger partial charge is 0.239 e. The number of ether oxygens (including phenoxy) is 1. The summed E-state index contributed by atoms with van der Waals surface area (Å²) in [6.07, 6.45) is 4.20. The van der Waals surface area contributed by atoms with Gasteiger partial charge in [-0.2, -0.15) is 0 Å². The molecule has 0 aromatic rings. The summed E-state index contributed by atoms with van der Waals surface area (Å²) in [5.41, 5.74) is 5.47. The SMILES string of the molecule is COCC(N)C(=O)NCC1(CO)CCCC1. The fourth-order valence-corrected chi connectivity index (χ4v) is 2.18. The van der Waals surface area contributed by atoms with Gasteiger partial charge < -0.3 is 20.9 Å². The predicted molar refractivity (Wildman–Crippen MR) is 60.8 cm³/mol. The van der Waals surface area contributed by atoms with E-state index in [2.05, 4.69) is 5.32 Å². The molecular weight excluding hydrogens is 208 g/mol. The lowest BCUT2D eigenvalue weighted by atomic mass is 9.87. The van der Waals surface area contributed by atoms with Crippen molar-refractivity contribution >= 4 is 5.91 Å². The van der Waals surface area contributed by atoms with Crippen LogP contribution in [-0.4, -0.2) is 43.9 Å². The second kappa shape index (κ2) is 6.18. The first-order chi connectivity index (χ1) is 7.63. The normalized spacial score (nSPS) is 20.7. The monoisotopic (exact) mass is 230 g/mol. The van der Waals surface area contributed by atoms with Gasteiger partial charge in [0.1, 0.15) is 6.04 Å². The minimum absolute atomic E-state index is 0.123. The maximum Gasteiger partial charge on any atom is 0.239 e. The molecule has 5 heteroatoms. The summed E-state index contributed by atoms with van der Waals surface area (Å²) in [6.45, 7) is 0.866. The van der Waals surface area contributed by atoms with Crippen molar-refractivity contribution in [3.05, 3.63) is 0 Å². The summed E-state index contributed by atoms with van der Waals surface area (Å²) >= 11 is 0. The van der Waals surface area contributed by atoms with Gasteiger partial charge in [-0.3, -0.25) is 4.79 Å². The number of rotatable bonds is 6. The molecule has 0 aliphatic heterocycles. The molecule has 4 N–H and O–H groups in total. The van der Waals surface area contributed by atoms with Crippen LogP contribution in [0.4, 0.5) is 0 Å². The van der Waals surface area contributed by atoms with Crippen molar-refractivity contribution in [1.29, 1.82) is 0 Å². The van der Waals surface area contributed by atoms with Gasteiger partial charge in [0.05, 0.1) is 13.2 Å². The Hall–Kier alpha value is -0.650. The van der Waals surface area contributed by atoms with Gasteiger partial charge in [0.25, 0.3) is 0 Å². The van der Waals surface area contributed by atoms with Crippen molar-refractivity contribution in [2.24, 2.45) is 11.1 Å². The highest BCUT2D eigenvalue weighted by molar-refractivity contribution is 5.81. The largest absolute Gasteiger partial charge is 0.396 e. The van der Waals surface area contributed by atoms with Crippen molar-refractivity contribution < 1.29 is 14.6 Å². The highest BCUT2D eigenvalue weighted by Gasteiger charge is 2.33. The topological polar surface area (TPSA) is 84.6 Å². The number of aliphatic hydroxyl groups excluding tert-OH is 1. The van der Waals surface area contributed by atoms with E-state index in [4.69, 9.17) is 10.5 Å². The lowest BCUT2D eigenvalue weighted by molar-refractivity contribution is -0.124. The van der Waals surface area contributed by atoms with Crippen LogP contribution in [0.25, 0.3) is 0 Å². The van der Waals surface area contributed by atoms with Crippen molar-refractivity contribution in [2.45, 2.75) is 31.7 Å².